The molecule has 0 radical (unpaired) electrons. The van der Waals surface area contributed by atoms with Crippen LogP contribution in [0.3, 0.4) is 0 Å². The van der Waals surface area contributed by atoms with Crippen LogP contribution in [0.5, 0.6) is 0 Å². The molecule has 0 aliphatic carbocycles. The number of alkyl halides is 3. The van der Waals surface area contributed by atoms with Crippen molar-refractivity contribution < 1.29 is 32.2 Å². The fourth-order valence-electron chi connectivity index (χ4n) is 2.64. The third-order valence-electron chi connectivity index (χ3n) is 4.11. The van der Waals surface area contributed by atoms with Gasteiger partial charge >= 0.3 is 6.18 Å². The highest BCUT2D eigenvalue weighted by Gasteiger charge is 2.47. The number of amidine groups is 1. The first-order valence-corrected chi connectivity index (χ1v) is 10.5. The Morgan fingerprint density at radius 2 is 1.81 bits per heavy atom. The third-order valence-corrected chi connectivity index (χ3v) is 5.17. The highest BCUT2D eigenvalue weighted by molar-refractivity contribution is 8.14. The summed E-state index contributed by atoms with van der Waals surface area (Å²) >= 11 is 0.841. The summed E-state index contributed by atoms with van der Waals surface area (Å²) in [6.07, 6.45) is -4.43. The summed E-state index contributed by atoms with van der Waals surface area (Å²) in [6, 6.07) is 4.32. The molecule has 1 aromatic rings. The summed E-state index contributed by atoms with van der Waals surface area (Å²) in [4.78, 5) is 28.3. The fraction of sp³-hybridized carbons (Fsp3) is 0.526. The van der Waals surface area contributed by atoms with Crippen molar-refractivity contribution in [2.75, 3.05) is 38.3 Å². The van der Waals surface area contributed by atoms with Crippen LogP contribution >= 0.6 is 11.8 Å². The maximum absolute atomic E-state index is 13.0. The molecule has 0 spiro atoms. The van der Waals surface area contributed by atoms with Crippen LogP contribution in [0, 0.1) is 0 Å². The number of halogens is 3. The number of rotatable bonds is 10. The molecule has 4 N–H and O–H groups in total. The second kappa shape index (κ2) is 12.0. The number of amides is 2. The summed E-state index contributed by atoms with van der Waals surface area (Å²) < 4.78 is 49.3. The minimum Gasteiger partial charge on any atom is -0.379 e. The molecule has 2 atom stereocenters. The van der Waals surface area contributed by atoms with E-state index < -0.39 is 23.4 Å². The van der Waals surface area contributed by atoms with Gasteiger partial charge in [-0.15, -0.1) is 0 Å². The molecule has 0 aromatic heterocycles. The molecule has 172 valence electrons. The number of thioether (sulfide) groups is 1. The maximum Gasteiger partial charge on any atom is 0.411 e. The molecular weight excluding hydrogens is 437 g/mol. The number of anilines is 1. The van der Waals surface area contributed by atoms with Crippen molar-refractivity contribution in [1.82, 2.24) is 5.32 Å². The van der Waals surface area contributed by atoms with Gasteiger partial charge in [-0.25, -0.2) is 4.99 Å². The van der Waals surface area contributed by atoms with Crippen LogP contribution in [0.1, 0.15) is 23.7 Å². The Kier molecular flexibility index (Phi) is 9.75. The Hall–Kier alpha value is -2.15. The van der Waals surface area contributed by atoms with Crippen LogP contribution < -0.4 is 16.4 Å². The van der Waals surface area contributed by atoms with Gasteiger partial charge in [0.25, 0.3) is 5.91 Å². The molecule has 1 aliphatic heterocycles. The molecule has 0 saturated heterocycles. The van der Waals surface area contributed by atoms with E-state index in [0.29, 0.717) is 26.4 Å². The lowest BCUT2D eigenvalue weighted by atomic mass is 10.1. The van der Waals surface area contributed by atoms with Crippen molar-refractivity contribution in [3.63, 3.8) is 0 Å². The van der Waals surface area contributed by atoms with Crippen LogP contribution in [0.25, 0.3) is 0 Å². The van der Waals surface area contributed by atoms with Gasteiger partial charge in [0.15, 0.2) is 11.2 Å². The average molecular weight is 462 g/mol. The number of hydrogen-bond donors (Lipinski definition) is 3. The zero-order valence-corrected chi connectivity index (χ0v) is 17.7. The molecule has 2 amide bonds. The van der Waals surface area contributed by atoms with E-state index in [1.54, 1.807) is 12.1 Å². The predicted octanol–water partition coefficient (Wildman–Crippen LogP) is 2.16. The summed E-state index contributed by atoms with van der Waals surface area (Å²) in [5, 5.41) is 4.06. The van der Waals surface area contributed by atoms with Crippen LogP contribution in [-0.4, -0.2) is 67.4 Å². The number of carbonyl (C=O) groups excluding carboxylic acids is 2. The zero-order valence-electron chi connectivity index (χ0n) is 16.9. The second-order valence-corrected chi connectivity index (χ2v) is 7.92. The van der Waals surface area contributed by atoms with E-state index in [2.05, 4.69) is 15.6 Å². The average Bonchev–Trinajstić information content (AvgIpc) is 3.08. The first kappa shape index (κ1) is 25.1. The SMILES string of the molecule is CC1SC(NC(=O)c2ccccc2NC(=O)CCOCCOCCN)=NC1C(F)(F)F. The number of aliphatic imine (C=N–C) groups is 1. The van der Waals surface area contributed by atoms with E-state index in [9.17, 15) is 22.8 Å². The number of hydrogen-bond acceptors (Lipinski definition) is 7. The van der Waals surface area contributed by atoms with E-state index in [-0.39, 0.29) is 35.4 Å². The lowest BCUT2D eigenvalue weighted by Gasteiger charge is -2.14. The highest BCUT2D eigenvalue weighted by atomic mass is 32.2. The van der Waals surface area contributed by atoms with Gasteiger partial charge in [0.05, 0.1) is 44.1 Å². The van der Waals surface area contributed by atoms with Crippen LogP contribution in [0.4, 0.5) is 18.9 Å². The lowest BCUT2D eigenvalue weighted by molar-refractivity contribution is -0.145. The van der Waals surface area contributed by atoms with Gasteiger partial charge in [-0.1, -0.05) is 30.8 Å². The van der Waals surface area contributed by atoms with Crippen molar-refractivity contribution >= 4 is 34.4 Å². The molecular formula is C19H25F3N4O4S. The smallest absolute Gasteiger partial charge is 0.379 e. The Bertz CT molecular complexity index is 792. The Labute approximate surface area is 182 Å². The fourth-order valence-corrected chi connectivity index (χ4v) is 3.66. The lowest BCUT2D eigenvalue weighted by Crippen LogP contribution is -2.32. The van der Waals surface area contributed by atoms with Gasteiger partial charge in [0, 0.05) is 11.8 Å². The van der Waals surface area contributed by atoms with Crippen LogP contribution in [0.2, 0.25) is 0 Å². The van der Waals surface area contributed by atoms with Crippen LogP contribution in [0.15, 0.2) is 29.3 Å². The number of nitrogens with one attached hydrogen (secondary N) is 2. The van der Waals surface area contributed by atoms with Gasteiger partial charge < -0.3 is 25.8 Å². The number of para-hydroxylation sites is 1. The molecule has 2 rings (SSSR count). The normalized spacial score (nSPS) is 18.5. The molecule has 1 aromatic carbocycles. The number of ether oxygens (including phenoxy) is 2. The minimum atomic E-state index is -4.48. The largest absolute Gasteiger partial charge is 0.411 e. The zero-order chi connectivity index (χ0) is 22.9. The number of benzene rings is 1. The predicted molar refractivity (Wildman–Crippen MR) is 112 cm³/mol. The Morgan fingerprint density at radius 3 is 2.45 bits per heavy atom. The molecule has 31 heavy (non-hydrogen) atoms. The summed E-state index contributed by atoms with van der Waals surface area (Å²) in [5.74, 6) is -1.04. The van der Waals surface area contributed by atoms with E-state index in [4.69, 9.17) is 15.2 Å². The summed E-state index contributed by atoms with van der Waals surface area (Å²) in [5.41, 5.74) is 5.64. The quantitative estimate of drug-likeness (QED) is 0.459. The summed E-state index contributed by atoms with van der Waals surface area (Å²) in [6.45, 7) is 3.11. The van der Waals surface area contributed by atoms with Crippen molar-refractivity contribution in [2.24, 2.45) is 10.7 Å². The molecule has 2 unspecified atom stereocenters. The monoisotopic (exact) mass is 462 g/mol. The molecule has 12 heteroatoms. The molecule has 0 fully saturated rings. The van der Waals surface area contributed by atoms with E-state index in [1.165, 1.54) is 19.1 Å². The standard InChI is InChI=1S/C19H25F3N4O4S/c1-12-16(19(20,21)22)25-18(31-12)26-17(28)13-4-2-3-5-14(13)24-15(27)6-8-29-10-11-30-9-7-23/h2-5,12,16H,6-11,23H2,1H3,(H,24,27)(H,25,26,28). The molecule has 0 bridgehead atoms. The number of nitrogens with two attached hydrogens (primary N) is 1. The van der Waals surface area contributed by atoms with Crippen molar-refractivity contribution in [1.29, 1.82) is 0 Å². The molecule has 1 aliphatic rings. The second-order valence-electron chi connectivity index (χ2n) is 6.55. The maximum atomic E-state index is 13.0. The van der Waals surface area contributed by atoms with Crippen molar-refractivity contribution in [2.45, 2.75) is 30.8 Å². The Balaban J connectivity index is 1.88. The first-order valence-electron chi connectivity index (χ1n) is 9.59. The van der Waals surface area contributed by atoms with Gasteiger partial charge in [0.2, 0.25) is 5.91 Å². The van der Waals surface area contributed by atoms with Gasteiger partial charge in [0.1, 0.15) is 0 Å². The van der Waals surface area contributed by atoms with Gasteiger partial charge in [-0.05, 0) is 12.1 Å². The Morgan fingerprint density at radius 1 is 1.13 bits per heavy atom. The van der Waals surface area contributed by atoms with Crippen molar-refractivity contribution in [3.05, 3.63) is 29.8 Å². The number of nitrogens with zero attached hydrogens (tertiary/aromatic N) is 1. The summed E-state index contributed by atoms with van der Waals surface area (Å²) in [7, 11) is 0. The highest BCUT2D eigenvalue weighted by Crippen LogP contribution is 2.36. The van der Waals surface area contributed by atoms with Gasteiger partial charge in [-0.3, -0.25) is 9.59 Å². The minimum absolute atomic E-state index is 0.0557. The van der Waals surface area contributed by atoms with Crippen molar-refractivity contribution in [3.8, 4) is 0 Å². The third kappa shape index (κ3) is 8.13. The topological polar surface area (TPSA) is 115 Å². The molecule has 0 saturated carbocycles. The molecule has 1 heterocycles. The molecule has 8 nitrogen and oxygen atoms in total. The number of carbonyl (C=O) groups is 2. The van der Waals surface area contributed by atoms with E-state index in [1.807, 2.05) is 0 Å². The first-order chi connectivity index (χ1) is 14.7. The van der Waals surface area contributed by atoms with E-state index >= 15 is 0 Å². The van der Waals surface area contributed by atoms with Crippen LogP contribution in [-0.2, 0) is 14.3 Å². The van der Waals surface area contributed by atoms with Gasteiger partial charge in [-0.2, -0.15) is 13.2 Å². The van der Waals surface area contributed by atoms with E-state index in [0.717, 1.165) is 11.8 Å².